The summed E-state index contributed by atoms with van der Waals surface area (Å²) in [5.41, 5.74) is 11.0. The van der Waals surface area contributed by atoms with Gasteiger partial charge in [0.05, 0.1) is 11.2 Å². The third-order valence-corrected chi connectivity index (χ3v) is 5.65. The van der Waals surface area contributed by atoms with E-state index >= 15 is 0 Å². The molecule has 2 aromatic heterocycles. The van der Waals surface area contributed by atoms with Crippen LogP contribution in [0.3, 0.4) is 0 Å². The van der Waals surface area contributed by atoms with E-state index in [4.69, 9.17) is 5.73 Å². The lowest BCUT2D eigenvalue weighted by atomic mass is 9.97. The topological polar surface area (TPSA) is 93.8 Å². The minimum atomic E-state index is -0.174. The van der Waals surface area contributed by atoms with Gasteiger partial charge < -0.3 is 5.73 Å². The number of anilines is 2. The van der Waals surface area contributed by atoms with Crippen molar-refractivity contribution in [3.05, 3.63) is 64.3 Å². The van der Waals surface area contributed by atoms with E-state index in [0.29, 0.717) is 10.7 Å². The van der Waals surface area contributed by atoms with Crippen LogP contribution in [0.25, 0.3) is 22.0 Å². The zero-order chi connectivity index (χ0) is 19.8. The Labute approximate surface area is 166 Å². The number of hydrogen-bond donors (Lipinski definition) is 2. The van der Waals surface area contributed by atoms with Crippen LogP contribution in [0.4, 0.5) is 11.1 Å². The van der Waals surface area contributed by atoms with Crippen LogP contribution in [0, 0.1) is 20.8 Å². The highest BCUT2D eigenvalue weighted by Gasteiger charge is 2.13. The molecule has 4 rings (SSSR count). The van der Waals surface area contributed by atoms with Crippen LogP contribution >= 0.6 is 11.3 Å². The van der Waals surface area contributed by atoms with Crippen molar-refractivity contribution in [3.8, 4) is 11.1 Å². The van der Waals surface area contributed by atoms with E-state index in [0.717, 1.165) is 38.2 Å². The summed E-state index contributed by atoms with van der Waals surface area (Å²) in [5, 5.41) is 4.40. The fourth-order valence-corrected chi connectivity index (χ4v) is 3.79. The van der Waals surface area contributed by atoms with Gasteiger partial charge in [-0.1, -0.05) is 12.1 Å². The van der Waals surface area contributed by atoms with Gasteiger partial charge in [0.25, 0.3) is 5.91 Å². The molecule has 0 fully saturated rings. The van der Waals surface area contributed by atoms with E-state index in [1.54, 1.807) is 6.20 Å². The summed E-state index contributed by atoms with van der Waals surface area (Å²) in [6.45, 7) is 5.94. The summed E-state index contributed by atoms with van der Waals surface area (Å²) in [4.78, 5) is 26.5. The Bertz CT molecular complexity index is 1200. The summed E-state index contributed by atoms with van der Waals surface area (Å²) in [6.07, 6.45) is 1.71. The lowest BCUT2D eigenvalue weighted by Crippen LogP contribution is -2.12. The van der Waals surface area contributed by atoms with Crippen LogP contribution in [-0.4, -0.2) is 20.9 Å². The lowest BCUT2D eigenvalue weighted by Gasteiger charge is -2.10. The van der Waals surface area contributed by atoms with Crippen LogP contribution in [0.15, 0.2) is 42.6 Å². The molecule has 28 heavy (non-hydrogen) atoms. The molecular weight excluding hydrogens is 370 g/mol. The second-order valence-corrected chi connectivity index (χ2v) is 7.85. The van der Waals surface area contributed by atoms with Crippen molar-refractivity contribution in [1.29, 1.82) is 0 Å². The predicted octanol–water partition coefficient (Wildman–Crippen LogP) is 4.51. The molecule has 7 heteroatoms. The first-order chi connectivity index (χ1) is 13.4. The number of benzene rings is 2. The fourth-order valence-electron chi connectivity index (χ4n) is 2.98. The highest BCUT2D eigenvalue weighted by Crippen LogP contribution is 2.28. The Kier molecular flexibility index (Phi) is 4.52. The number of nitrogens with one attached hydrogen (secondary N) is 1. The normalized spacial score (nSPS) is 11.0. The Morgan fingerprint density at radius 2 is 1.89 bits per heavy atom. The molecule has 0 aliphatic heterocycles. The number of aromatic nitrogens is 3. The molecule has 6 nitrogen and oxygen atoms in total. The number of thiazole rings is 1. The molecule has 0 aliphatic rings. The van der Waals surface area contributed by atoms with Crippen LogP contribution in [0.5, 0.6) is 0 Å². The second-order valence-electron chi connectivity index (χ2n) is 6.65. The number of rotatable bonds is 3. The van der Waals surface area contributed by atoms with Crippen molar-refractivity contribution in [2.24, 2.45) is 0 Å². The quantitative estimate of drug-likeness (QED) is 0.537. The Morgan fingerprint density at radius 3 is 2.64 bits per heavy atom. The second kappa shape index (κ2) is 7.01. The van der Waals surface area contributed by atoms with Gasteiger partial charge >= 0.3 is 0 Å². The molecule has 0 unspecified atom stereocenters. The summed E-state index contributed by atoms with van der Waals surface area (Å²) >= 11 is 1.48. The number of nitrogen functional groups attached to an aromatic ring is 1. The molecule has 140 valence electrons. The SMILES string of the molecule is Cc1ccc(C(=O)Nc2nc(C)c(C)s2)cc1-c1ccc2nc(N)ncc2c1. The molecule has 2 heterocycles. The molecule has 0 saturated heterocycles. The van der Waals surface area contributed by atoms with E-state index < -0.39 is 0 Å². The Hall–Kier alpha value is -3.32. The largest absolute Gasteiger partial charge is 0.368 e. The average molecular weight is 389 g/mol. The smallest absolute Gasteiger partial charge is 0.257 e. The first kappa shape index (κ1) is 18.1. The minimum Gasteiger partial charge on any atom is -0.368 e. The van der Waals surface area contributed by atoms with Gasteiger partial charge in [0.2, 0.25) is 5.95 Å². The van der Waals surface area contributed by atoms with E-state index in [1.165, 1.54) is 11.3 Å². The van der Waals surface area contributed by atoms with Crippen LogP contribution in [0.2, 0.25) is 0 Å². The molecule has 0 spiro atoms. The van der Waals surface area contributed by atoms with Gasteiger partial charge in [0, 0.05) is 22.0 Å². The third kappa shape index (κ3) is 3.44. The van der Waals surface area contributed by atoms with Crippen LogP contribution < -0.4 is 11.1 Å². The highest BCUT2D eigenvalue weighted by molar-refractivity contribution is 7.15. The third-order valence-electron chi connectivity index (χ3n) is 4.66. The van der Waals surface area contributed by atoms with Crippen molar-refractivity contribution in [1.82, 2.24) is 15.0 Å². The number of nitrogens with two attached hydrogens (primary N) is 1. The van der Waals surface area contributed by atoms with Crippen molar-refractivity contribution >= 4 is 39.2 Å². The average Bonchev–Trinajstić information content (AvgIpc) is 2.98. The molecule has 0 bridgehead atoms. The molecule has 3 N–H and O–H groups in total. The molecule has 1 amide bonds. The zero-order valence-corrected chi connectivity index (χ0v) is 16.6. The molecule has 0 radical (unpaired) electrons. The van der Waals surface area contributed by atoms with Crippen LogP contribution in [0.1, 0.15) is 26.5 Å². The lowest BCUT2D eigenvalue weighted by molar-refractivity contribution is 0.102. The molecule has 0 saturated carbocycles. The van der Waals surface area contributed by atoms with Crippen molar-refractivity contribution in [2.45, 2.75) is 20.8 Å². The predicted molar refractivity (Wildman–Crippen MR) is 114 cm³/mol. The zero-order valence-electron chi connectivity index (χ0n) is 15.8. The first-order valence-corrected chi connectivity index (χ1v) is 9.61. The highest BCUT2D eigenvalue weighted by atomic mass is 32.1. The first-order valence-electron chi connectivity index (χ1n) is 8.79. The summed E-state index contributed by atoms with van der Waals surface area (Å²) < 4.78 is 0. The van der Waals surface area contributed by atoms with Crippen molar-refractivity contribution in [2.75, 3.05) is 11.1 Å². The van der Waals surface area contributed by atoms with Gasteiger partial charge in [-0.05, 0) is 61.7 Å². The molecule has 0 aliphatic carbocycles. The maximum atomic E-state index is 12.7. The minimum absolute atomic E-state index is 0.174. The summed E-state index contributed by atoms with van der Waals surface area (Å²) in [7, 11) is 0. The molecule has 2 aromatic carbocycles. The monoisotopic (exact) mass is 389 g/mol. The number of carbonyl (C=O) groups is 1. The maximum absolute atomic E-state index is 12.7. The van der Waals surface area contributed by atoms with E-state index in [1.807, 2.05) is 57.2 Å². The maximum Gasteiger partial charge on any atom is 0.257 e. The number of hydrogen-bond acceptors (Lipinski definition) is 6. The molecular formula is C21H19N5OS. The fraction of sp³-hybridized carbons (Fsp3) is 0.143. The van der Waals surface area contributed by atoms with Gasteiger partial charge in [0.15, 0.2) is 5.13 Å². The summed E-state index contributed by atoms with van der Waals surface area (Å²) in [5.74, 6) is 0.0784. The van der Waals surface area contributed by atoms with Crippen LogP contribution in [-0.2, 0) is 0 Å². The Balaban J connectivity index is 1.68. The van der Waals surface area contributed by atoms with E-state index in [9.17, 15) is 4.79 Å². The standard InChI is InChI=1S/C21H19N5OS/c1-11-4-5-15(19(27)26-21-24-12(2)13(3)28-21)9-17(11)14-6-7-18-16(8-14)10-23-20(22)25-18/h4-10H,1-3H3,(H2,22,23,25)(H,24,26,27). The summed E-state index contributed by atoms with van der Waals surface area (Å²) in [6, 6.07) is 11.6. The van der Waals surface area contributed by atoms with Gasteiger partial charge in [-0.15, -0.1) is 11.3 Å². The van der Waals surface area contributed by atoms with E-state index in [2.05, 4.69) is 20.3 Å². The van der Waals surface area contributed by atoms with Crippen molar-refractivity contribution in [3.63, 3.8) is 0 Å². The van der Waals surface area contributed by atoms with E-state index in [-0.39, 0.29) is 11.9 Å². The van der Waals surface area contributed by atoms with Gasteiger partial charge in [-0.25, -0.2) is 15.0 Å². The Morgan fingerprint density at radius 1 is 1.07 bits per heavy atom. The number of nitrogens with zero attached hydrogens (tertiary/aromatic N) is 3. The molecule has 4 aromatic rings. The number of aryl methyl sites for hydroxylation is 3. The number of amides is 1. The molecule has 0 atom stereocenters. The van der Waals surface area contributed by atoms with Gasteiger partial charge in [0.1, 0.15) is 0 Å². The van der Waals surface area contributed by atoms with Crippen molar-refractivity contribution < 1.29 is 4.79 Å². The van der Waals surface area contributed by atoms with Gasteiger partial charge in [-0.2, -0.15) is 0 Å². The van der Waals surface area contributed by atoms with Gasteiger partial charge in [-0.3, -0.25) is 10.1 Å². The number of carbonyl (C=O) groups excluding carboxylic acids is 1. The number of fused-ring (bicyclic) bond motifs is 1.